The predicted octanol–water partition coefficient (Wildman–Crippen LogP) is 3.83. The highest BCUT2D eigenvalue weighted by molar-refractivity contribution is 7.17. The number of fused-ring (bicyclic) bond motifs is 1. The summed E-state index contributed by atoms with van der Waals surface area (Å²) in [6.45, 7) is 5.65. The van der Waals surface area contributed by atoms with E-state index >= 15 is 0 Å². The summed E-state index contributed by atoms with van der Waals surface area (Å²) in [6, 6.07) is 1.46. The van der Waals surface area contributed by atoms with Gasteiger partial charge in [-0.1, -0.05) is 6.92 Å². The van der Waals surface area contributed by atoms with E-state index in [1.54, 1.807) is 6.92 Å². The van der Waals surface area contributed by atoms with Crippen LogP contribution in [0.3, 0.4) is 0 Å². The number of hydrogen-bond donors (Lipinski definition) is 1. The molecular formula is C20H23NO6S. The summed E-state index contributed by atoms with van der Waals surface area (Å²) < 4.78 is 15.2. The molecule has 3 rings (SSSR count). The fourth-order valence-corrected chi connectivity index (χ4v) is 4.54. The zero-order chi connectivity index (χ0) is 20.3. The number of amides is 1. The third-order valence-corrected chi connectivity index (χ3v) is 5.81. The summed E-state index contributed by atoms with van der Waals surface area (Å²) in [4.78, 5) is 38.2. The van der Waals surface area contributed by atoms with Crippen LogP contribution in [-0.2, 0) is 27.1 Å². The van der Waals surface area contributed by atoms with E-state index in [0.29, 0.717) is 16.5 Å². The molecule has 1 aliphatic carbocycles. The van der Waals surface area contributed by atoms with E-state index in [1.807, 2.05) is 0 Å². The summed E-state index contributed by atoms with van der Waals surface area (Å²) >= 11 is 1.39. The molecule has 0 radical (unpaired) electrons. The van der Waals surface area contributed by atoms with Crippen molar-refractivity contribution in [3.63, 3.8) is 0 Å². The van der Waals surface area contributed by atoms with E-state index in [2.05, 4.69) is 12.2 Å². The van der Waals surface area contributed by atoms with E-state index in [-0.39, 0.29) is 12.2 Å². The lowest BCUT2D eigenvalue weighted by Crippen LogP contribution is -2.30. The molecular weight excluding hydrogens is 382 g/mol. The molecule has 0 bridgehead atoms. The Kier molecular flexibility index (Phi) is 6.18. The average molecular weight is 405 g/mol. The molecule has 8 heteroatoms. The first kappa shape index (κ1) is 20.1. The Morgan fingerprint density at radius 3 is 2.82 bits per heavy atom. The molecule has 2 aromatic heterocycles. The highest BCUT2D eigenvalue weighted by Crippen LogP contribution is 2.40. The largest absolute Gasteiger partial charge is 0.472 e. The van der Waals surface area contributed by atoms with Crippen LogP contribution in [0.1, 0.15) is 58.3 Å². The normalized spacial score (nSPS) is 16.8. The highest BCUT2D eigenvalue weighted by Gasteiger charge is 2.30. The van der Waals surface area contributed by atoms with Gasteiger partial charge >= 0.3 is 11.9 Å². The molecule has 2 heterocycles. The standard InChI is InChI=1S/C20H23NO6S/c1-4-26-20(24)16-14-6-5-11(2)9-15(14)28-18(16)21-17(22)12(3)27-19(23)13-7-8-25-10-13/h7-8,10-12H,4-6,9H2,1-3H3,(H,21,22). The number of ether oxygens (including phenoxy) is 2. The molecule has 0 aliphatic heterocycles. The Balaban J connectivity index is 1.77. The van der Waals surface area contributed by atoms with Crippen LogP contribution in [0.15, 0.2) is 23.0 Å². The third-order valence-electron chi connectivity index (χ3n) is 4.64. The second kappa shape index (κ2) is 8.60. The first-order valence-electron chi connectivity index (χ1n) is 9.26. The Morgan fingerprint density at radius 2 is 2.14 bits per heavy atom. The van der Waals surface area contributed by atoms with E-state index in [1.165, 1.54) is 36.9 Å². The second-order valence-electron chi connectivity index (χ2n) is 6.83. The van der Waals surface area contributed by atoms with Crippen LogP contribution in [0.2, 0.25) is 0 Å². The number of rotatable bonds is 6. The fraction of sp³-hybridized carbons (Fsp3) is 0.450. The van der Waals surface area contributed by atoms with Crippen molar-refractivity contribution in [3.05, 3.63) is 40.2 Å². The van der Waals surface area contributed by atoms with Crippen molar-refractivity contribution in [2.45, 2.75) is 46.1 Å². The van der Waals surface area contributed by atoms with Crippen molar-refractivity contribution in [1.82, 2.24) is 0 Å². The van der Waals surface area contributed by atoms with Gasteiger partial charge in [0.05, 0.1) is 24.0 Å². The van der Waals surface area contributed by atoms with Crippen molar-refractivity contribution < 1.29 is 28.3 Å². The quantitative estimate of drug-likeness (QED) is 0.734. The Bertz CT molecular complexity index is 870. The Hall–Kier alpha value is -2.61. The molecule has 150 valence electrons. The topological polar surface area (TPSA) is 94.8 Å². The summed E-state index contributed by atoms with van der Waals surface area (Å²) in [7, 11) is 0. The molecule has 2 atom stereocenters. The van der Waals surface area contributed by atoms with Gasteiger partial charge in [0, 0.05) is 4.88 Å². The van der Waals surface area contributed by atoms with Crippen molar-refractivity contribution in [2.75, 3.05) is 11.9 Å². The lowest BCUT2D eigenvalue weighted by Gasteiger charge is -2.18. The van der Waals surface area contributed by atoms with Crippen LogP contribution in [0.4, 0.5) is 5.00 Å². The number of thiophene rings is 1. The molecule has 0 saturated carbocycles. The van der Waals surface area contributed by atoms with Gasteiger partial charge in [0.1, 0.15) is 11.3 Å². The average Bonchev–Trinajstić information content (AvgIpc) is 3.29. The van der Waals surface area contributed by atoms with Gasteiger partial charge in [-0.2, -0.15) is 0 Å². The van der Waals surface area contributed by atoms with Crippen LogP contribution in [-0.4, -0.2) is 30.6 Å². The summed E-state index contributed by atoms with van der Waals surface area (Å²) in [5.41, 5.74) is 1.61. The van der Waals surface area contributed by atoms with Crippen molar-refractivity contribution in [1.29, 1.82) is 0 Å². The van der Waals surface area contributed by atoms with Gasteiger partial charge in [-0.25, -0.2) is 9.59 Å². The smallest absolute Gasteiger partial charge is 0.342 e. The number of anilines is 1. The number of furan rings is 1. The predicted molar refractivity (Wildman–Crippen MR) is 104 cm³/mol. The van der Waals surface area contributed by atoms with Crippen LogP contribution < -0.4 is 5.32 Å². The first-order valence-corrected chi connectivity index (χ1v) is 10.1. The molecule has 0 spiro atoms. The van der Waals surface area contributed by atoms with Gasteiger partial charge in [-0.15, -0.1) is 11.3 Å². The maximum atomic E-state index is 12.6. The molecule has 1 amide bonds. The lowest BCUT2D eigenvalue weighted by molar-refractivity contribution is -0.123. The van der Waals surface area contributed by atoms with E-state index in [9.17, 15) is 14.4 Å². The third kappa shape index (κ3) is 4.27. The molecule has 2 unspecified atom stereocenters. The maximum Gasteiger partial charge on any atom is 0.342 e. The van der Waals surface area contributed by atoms with E-state index in [4.69, 9.17) is 13.9 Å². The minimum Gasteiger partial charge on any atom is -0.472 e. The van der Waals surface area contributed by atoms with Crippen LogP contribution in [0.5, 0.6) is 0 Å². The van der Waals surface area contributed by atoms with Gasteiger partial charge in [0.15, 0.2) is 6.10 Å². The number of carbonyl (C=O) groups is 3. The van der Waals surface area contributed by atoms with Gasteiger partial charge in [0.2, 0.25) is 0 Å². The van der Waals surface area contributed by atoms with Gasteiger partial charge in [-0.05, 0) is 50.7 Å². The number of esters is 2. The zero-order valence-corrected chi connectivity index (χ0v) is 16.9. The van der Waals surface area contributed by atoms with Crippen LogP contribution in [0, 0.1) is 5.92 Å². The van der Waals surface area contributed by atoms with Gasteiger partial charge in [0.25, 0.3) is 5.91 Å². The molecule has 7 nitrogen and oxygen atoms in total. The lowest BCUT2D eigenvalue weighted by atomic mass is 9.88. The Labute approximate surface area is 167 Å². The molecule has 0 saturated heterocycles. The number of hydrogen-bond acceptors (Lipinski definition) is 7. The minimum atomic E-state index is -1.03. The molecule has 0 aromatic carbocycles. The maximum absolute atomic E-state index is 12.6. The van der Waals surface area contributed by atoms with Gasteiger partial charge in [-0.3, -0.25) is 4.79 Å². The molecule has 1 aliphatic rings. The highest BCUT2D eigenvalue weighted by atomic mass is 32.1. The van der Waals surface area contributed by atoms with Crippen LogP contribution >= 0.6 is 11.3 Å². The van der Waals surface area contributed by atoms with E-state index < -0.39 is 23.9 Å². The fourth-order valence-electron chi connectivity index (χ4n) is 3.13. The van der Waals surface area contributed by atoms with Gasteiger partial charge < -0.3 is 19.2 Å². The minimum absolute atomic E-state index is 0.229. The summed E-state index contributed by atoms with van der Waals surface area (Å²) in [5, 5.41) is 3.20. The second-order valence-corrected chi connectivity index (χ2v) is 7.93. The number of nitrogens with one attached hydrogen (secondary N) is 1. The van der Waals surface area contributed by atoms with Crippen molar-refractivity contribution in [3.8, 4) is 0 Å². The van der Waals surface area contributed by atoms with Crippen molar-refractivity contribution in [2.24, 2.45) is 5.92 Å². The van der Waals surface area contributed by atoms with Crippen LogP contribution in [0.25, 0.3) is 0 Å². The molecule has 2 aromatic rings. The summed E-state index contributed by atoms with van der Waals surface area (Å²) in [5.74, 6) is -1.07. The number of carbonyl (C=O) groups excluding carboxylic acids is 3. The SMILES string of the molecule is CCOC(=O)c1c(NC(=O)C(C)OC(=O)c2ccoc2)sc2c1CCC(C)C2. The Morgan fingerprint density at radius 1 is 1.36 bits per heavy atom. The van der Waals surface area contributed by atoms with Crippen molar-refractivity contribution >= 4 is 34.2 Å². The zero-order valence-electron chi connectivity index (χ0n) is 16.1. The van der Waals surface area contributed by atoms with E-state index in [0.717, 1.165) is 29.7 Å². The molecule has 1 N–H and O–H groups in total. The molecule has 28 heavy (non-hydrogen) atoms. The summed E-state index contributed by atoms with van der Waals surface area (Å²) in [6.07, 6.45) is 4.21. The monoisotopic (exact) mass is 405 g/mol. The first-order chi connectivity index (χ1) is 13.4. The molecule has 0 fully saturated rings.